The first-order valence-corrected chi connectivity index (χ1v) is 8.05. The zero-order valence-electron chi connectivity index (χ0n) is 13.7. The highest BCUT2D eigenvalue weighted by atomic mass is 19.1. The first-order chi connectivity index (χ1) is 12.7. The van der Waals surface area contributed by atoms with Crippen LogP contribution in [-0.4, -0.2) is 19.9 Å². The van der Waals surface area contributed by atoms with Crippen LogP contribution < -0.4 is 0 Å². The minimum atomic E-state index is -0.332. The summed E-state index contributed by atoms with van der Waals surface area (Å²) in [6, 6.07) is 12.7. The van der Waals surface area contributed by atoms with E-state index >= 15 is 0 Å². The highest BCUT2D eigenvalue weighted by molar-refractivity contribution is 5.60. The minimum Gasteiger partial charge on any atom is -0.342 e. The third kappa shape index (κ3) is 3.35. The summed E-state index contributed by atoms with van der Waals surface area (Å²) in [5.41, 5.74) is 2.67. The van der Waals surface area contributed by atoms with Crippen LogP contribution in [0.1, 0.15) is 11.4 Å². The van der Waals surface area contributed by atoms with Gasteiger partial charge in [-0.15, -0.1) is 0 Å². The average Bonchev–Trinajstić information content (AvgIpc) is 3.12. The van der Waals surface area contributed by atoms with Crippen LogP contribution in [-0.2, 0) is 6.42 Å². The molecule has 0 spiro atoms. The quantitative estimate of drug-likeness (QED) is 0.595. The lowest BCUT2D eigenvalue weighted by molar-refractivity contribution is 0.612. The highest BCUT2D eigenvalue weighted by Gasteiger charge is 2.09. The average molecular weight is 348 g/mol. The van der Waals surface area contributed by atoms with Gasteiger partial charge in [-0.1, -0.05) is 30.3 Å². The van der Waals surface area contributed by atoms with Crippen molar-refractivity contribution in [2.45, 2.75) is 6.42 Å². The monoisotopic (exact) mass is 348 g/mol. The van der Waals surface area contributed by atoms with E-state index in [1.54, 1.807) is 48.9 Å². The summed E-state index contributed by atoms with van der Waals surface area (Å²) in [5.74, 6) is 0.508. The second kappa shape index (κ2) is 6.84. The summed E-state index contributed by atoms with van der Waals surface area (Å²) in [4.78, 5) is 16.0. The fourth-order valence-corrected chi connectivity index (χ4v) is 2.66. The SMILES string of the molecule is Fc1cccc(-c2ncc(-c3cnc(Cc4ccccc4F)[nH]3)cn2)c1. The van der Waals surface area contributed by atoms with Crippen LogP contribution in [0.15, 0.2) is 67.1 Å². The molecular formula is C20H14F2N4. The van der Waals surface area contributed by atoms with Crippen molar-refractivity contribution in [2.24, 2.45) is 0 Å². The van der Waals surface area contributed by atoms with Gasteiger partial charge >= 0.3 is 0 Å². The number of benzene rings is 2. The molecule has 0 radical (unpaired) electrons. The molecule has 0 bridgehead atoms. The van der Waals surface area contributed by atoms with E-state index in [4.69, 9.17) is 0 Å². The molecule has 4 rings (SSSR count). The lowest BCUT2D eigenvalue weighted by Crippen LogP contribution is -1.94. The van der Waals surface area contributed by atoms with Gasteiger partial charge in [0.25, 0.3) is 0 Å². The first kappa shape index (κ1) is 16.1. The Balaban J connectivity index is 1.55. The van der Waals surface area contributed by atoms with Crippen molar-refractivity contribution in [3.63, 3.8) is 0 Å². The maximum absolute atomic E-state index is 13.8. The molecule has 2 aromatic heterocycles. The van der Waals surface area contributed by atoms with E-state index in [9.17, 15) is 8.78 Å². The Bertz CT molecular complexity index is 1040. The summed E-state index contributed by atoms with van der Waals surface area (Å²) in [6.45, 7) is 0. The molecule has 0 amide bonds. The van der Waals surface area contributed by atoms with Gasteiger partial charge in [0, 0.05) is 29.9 Å². The lowest BCUT2D eigenvalue weighted by Gasteiger charge is -2.02. The molecular weight excluding hydrogens is 334 g/mol. The Hall–Kier alpha value is -3.41. The van der Waals surface area contributed by atoms with Crippen molar-refractivity contribution in [3.05, 3.63) is 90.1 Å². The Kier molecular flexibility index (Phi) is 4.23. The van der Waals surface area contributed by atoms with Crippen LogP contribution >= 0.6 is 0 Å². The largest absolute Gasteiger partial charge is 0.342 e. The Labute approximate surface area is 148 Å². The summed E-state index contributed by atoms with van der Waals surface area (Å²) in [5, 5.41) is 0. The number of aromatic nitrogens is 4. The minimum absolute atomic E-state index is 0.256. The summed E-state index contributed by atoms with van der Waals surface area (Å²) in [7, 11) is 0. The molecule has 26 heavy (non-hydrogen) atoms. The molecule has 0 aliphatic rings. The highest BCUT2D eigenvalue weighted by Crippen LogP contribution is 2.20. The first-order valence-electron chi connectivity index (χ1n) is 8.05. The second-order valence-corrected chi connectivity index (χ2v) is 5.82. The van der Waals surface area contributed by atoms with Crippen molar-refractivity contribution in [1.82, 2.24) is 19.9 Å². The number of H-pyrrole nitrogens is 1. The van der Waals surface area contributed by atoms with Crippen molar-refractivity contribution >= 4 is 0 Å². The summed E-state index contributed by atoms with van der Waals surface area (Å²) < 4.78 is 27.1. The van der Waals surface area contributed by atoms with Gasteiger partial charge in [0.15, 0.2) is 5.82 Å². The molecule has 6 heteroatoms. The number of nitrogens with one attached hydrogen (secondary N) is 1. The van der Waals surface area contributed by atoms with E-state index in [0.29, 0.717) is 29.2 Å². The van der Waals surface area contributed by atoms with Crippen LogP contribution in [0.3, 0.4) is 0 Å². The third-order valence-corrected chi connectivity index (χ3v) is 3.99. The standard InChI is InChI=1S/C20H14F2N4/c21-16-6-3-5-14(8-16)20-24-10-15(11-25-20)18-12-23-19(26-18)9-13-4-1-2-7-17(13)22/h1-8,10-12H,9H2,(H,23,26). The Morgan fingerprint density at radius 3 is 2.38 bits per heavy atom. The molecule has 0 saturated heterocycles. The molecule has 2 aromatic carbocycles. The molecule has 2 heterocycles. The molecule has 0 atom stereocenters. The van der Waals surface area contributed by atoms with Crippen LogP contribution in [0.4, 0.5) is 8.78 Å². The van der Waals surface area contributed by atoms with Gasteiger partial charge in [-0.2, -0.15) is 0 Å². The van der Waals surface area contributed by atoms with Crippen molar-refractivity contribution in [1.29, 1.82) is 0 Å². The molecule has 4 aromatic rings. The van der Waals surface area contributed by atoms with Gasteiger partial charge in [0.1, 0.15) is 17.5 Å². The molecule has 0 saturated carbocycles. The number of halogens is 2. The van der Waals surface area contributed by atoms with E-state index in [-0.39, 0.29) is 11.6 Å². The molecule has 128 valence electrons. The molecule has 0 fully saturated rings. The maximum Gasteiger partial charge on any atom is 0.159 e. The Morgan fingerprint density at radius 1 is 0.808 bits per heavy atom. The van der Waals surface area contributed by atoms with Crippen molar-refractivity contribution < 1.29 is 8.78 Å². The fourth-order valence-electron chi connectivity index (χ4n) is 2.66. The van der Waals surface area contributed by atoms with Crippen LogP contribution in [0.5, 0.6) is 0 Å². The zero-order valence-corrected chi connectivity index (χ0v) is 13.7. The normalized spacial score (nSPS) is 10.8. The van der Waals surface area contributed by atoms with E-state index < -0.39 is 0 Å². The second-order valence-electron chi connectivity index (χ2n) is 5.82. The van der Waals surface area contributed by atoms with Gasteiger partial charge in [-0.25, -0.2) is 23.7 Å². The van der Waals surface area contributed by atoms with E-state index in [1.165, 1.54) is 18.2 Å². The van der Waals surface area contributed by atoms with Gasteiger partial charge in [-0.05, 0) is 23.8 Å². The number of hydrogen-bond donors (Lipinski definition) is 1. The third-order valence-electron chi connectivity index (χ3n) is 3.99. The smallest absolute Gasteiger partial charge is 0.159 e. The number of rotatable bonds is 4. The predicted molar refractivity (Wildman–Crippen MR) is 94.2 cm³/mol. The number of aromatic amines is 1. The molecule has 4 nitrogen and oxygen atoms in total. The fraction of sp³-hybridized carbons (Fsp3) is 0.0500. The van der Waals surface area contributed by atoms with Crippen LogP contribution in [0.2, 0.25) is 0 Å². The van der Waals surface area contributed by atoms with Crippen LogP contribution in [0, 0.1) is 11.6 Å². The number of nitrogens with zero attached hydrogens (tertiary/aromatic N) is 3. The van der Waals surface area contributed by atoms with Gasteiger partial charge in [0.05, 0.1) is 11.9 Å². The van der Waals surface area contributed by atoms with Gasteiger partial charge < -0.3 is 4.98 Å². The number of hydrogen-bond acceptors (Lipinski definition) is 3. The van der Waals surface area contributed by atoms with Gasteiger partial charge in [-0.3, -0.25) is 0 Å². The molecule has 0 unspecified atom stereocenters. The van der Waals surface area contributed by atoms with Crippen molar-refractivity contribution in [2.75, 3.05) is 0 Å². The molecule has 1 N–H and O–H groups in total. The van der Waals surface area contributed by atoms with Crippen molar-refractivity contribution in [3.8, 4) is 22.6 Å². The van der Waals surface area contributed by atoms with E-state index in [1.807, 2.05) is 0 Å². The maximum atomic E-state index is 13.8. The number of imidazole rings is 1. The van der Waals surface area contributed by atoms with E-state index in [2.05, 4.69) is 19.9 Å². The van der Waals surface area contributed by atoms with E-state index in [0.717, 1.165) is 11.3 Å². The summed E-state index contributed by atoms with van der Waals surface area (Å²) >= 11 is 0. The van der Waals surface area contributed by atoms with Gasteiger partial charge in [0.2, 0.25) is 0 Å². The Morgan fingerprint density at radius 2 is 1.62 bits per heavy atom. The zero-order chi connectivity index (χ0) is 17.9. The lowest BCUT2D eigenvalue weighted by atomic mass is 10.1. The topological polar surface area (TPSA) is 54.5 Å². The molecule has 0 aliphatic carbocycles. The van der Waals surface area contributed by atoms with Crippen LogP contribution in [0.25, 0.3) is 22.6 Å². The molecule has 0 aliphatic heterocycles. The predicted octanol–water partition coefficient (Wildman–Crippen LogP) is 4.40. The summed E-state index contributed by atoms with van der Waals surface area (Å²) in [6.07, 6.45) is 5.33.